The molecule has 1 aliphatic carbocycles. The number of carbonyl (C=O) groups excluding carboxylic acids is 1. The highest BCUT2D eigenvalue weighted by atomic mass is 16.5. The molecule has 3 rings (SSSR count). The second-order valence-corrected chi connectivity index (χ2v) is 4.99. The third kappa shape index (κ3) is 2.87. The predicted octanol–water partition coefficient (Wildman–Crippen LogP) is 3.49. The van der Waals surface area contributed by atoms with E-state index in [0.717, 1.165) is 18.6 Å². The Morgan fingerprint density at radius 2 is 2.05 bits per heavy atom. The number of hydrogen-bond donors (Lipinski definition) is 0. The molecule has 1 heterocycles. The highest BCUT2D eigenvalue weighted by Gasteiger charge is 2.32. The van der Waals surface area contributed by atoms with Crippen molar-refractivity contribution >= 4 is 5.97 Å². The van der Waals surface area contributed by atoms with E-state index in [0.29, 0.717) is 17.9 Å². The van der Waals surface area contributed by atoms with Crippen molar-refractivity contribution < 1.29 is 13.9 Å². The minimum absolute atomic E-state index is 0.104. The molecule has 0 unspecified atom stereocenters. The maximum atomic E-state index is 11.6. The summed E-state index contributed by atoms with van der Waals surface area (Å²) in [4.78, 5) is 11.6. The molecule has 19 heavy (non-hydrogen) atoms. The van der Waals surface area contributed by atoms with Crippen LogP contribution in [-0.4, -0.2) is 5.97 Å². The Morgan fingerprint density at radius 1 is 1.32 bits per heavy atom. The van der Waals surface area contributed by atoms with Crippen LogP contribution in [0.2, 0.25) is 0 Å². The molecular weight excluding hydrogens is 240 g/mol. The van der Waals surface area contributed by atoms with Gasteiger partial charge in [0.25, 0.3) is 0 Å². The third-order valence-corrected chi connectivity index (χ3v) is 3.27. The Hall–Kier alpha value is -2.03. The van der Waals surface area contributed by atoms with Gasteiger partial charge >= 0.3 is 5.97 Å². The van der Waals surface area contributed by atoms with Gasteiger partial charge in [-0.05, 0) is 25.3 Å². The zero-order chi connectivity index (χ0) is 13.2. The fourth-order valence-electron chi connectivity index (χ4n) is 2.02. The van der Waals surface area contributed by atoms with Crippen molar-refractivity contribution in [3.63, 3.8) is 0 Å². The normalized spacial score (nSPS) is 14.4. The van der Waals surface area contributed by atoms with Crippen LogP contribution in [0.1, 0.15) is 29.9 Å². The molecule has 1 aromatic heterocycles. The maximum absolute atomic E-state index is 11.6. The highest BCUT2D eigenvalue weighted by Crippen LogP contribution is 2.32. The van der Waals surface area contributed by atoms with Gasteiger partial charge in [0.15, 0.2) is 5.75 Å². The standard InChI is InChI=1S/C16H16O3/c1-11-15(19-16(17)13-7-8-13)10-14(18-11)9-12-5-3-2-4-6-12/h2-6,10,13H,7-9H2,1H3. The summed E-state index contributed by atoms with van der Waals surface area (Å²) in [7, 11) is 0. The summed E-state index contributed by atoms with van der Waals surface area (Å²) in [5.41, 5.74) is 1.18. The van der Waals surface area contributed by atoms with Crippen LogP contribution in [0.25, 0.3) is 0 Å². The van der Waals surface area contributed by atoms with Crippen LogP contribution >= 0.6 is 0 Å². The van der Waals surface area contributed by atoms with Crippen LogP contribution in [0.4, 0.5) is 0 Å². The summed E-state index contributed by atoms with van der Waals surface area (Å²) in [5, 5.41) is 0. The van der Waals surface area contributed by atoms with Gasteiger partial charge in [0.1, 0.15) is 11.5 Å². The topological polar surface area (TPSA) is 39.4 Å². The van der Waals surface area contributed by atoms with E-state index in [4.69, 9.17) is 9.15 Å². The van der Waals surface area contributed by atoms with Gasteiger partial charge in [-0.1, -0.05) is 30.3 Å². The summed E-state index contributed by atoms with van der Waals surface area (Å²) in [6, 6.07) is 11.9. The second-order valence-electron chi connectivity index (χ2n) is 4.99. The number of rotatable bonds is 4. The van der Waals surface area contributed by atoms with E-state index in [2.05, 4.69) is 0 Å². The quantitative estimate of drug-likeness (QED) is 0.786. The number of esters is 1. The van der Waals surface area contributed by atoms with Crippen molar-refractivity contribution in [3.8, 4) is 5.75 Å². The van der Waals surface area contributed by atoms with E-state index in [9.17, 15) is 4.79 Å². The van der Waals surface area contributed by atoms with Crippen LogP contribution in [-0.2, 0) is 11.2 Å². The zero-order valence-electron chi connectivity index (χ0n) is 10.9. The number of carbonyl (C=O) groups is 1. The van der Waals surface area contributed by atoms with Gasteiger partial charge < -0.3 is 9.15 Å². The molecule has 1 aliphatic rings. The van der Waals surface area contributed by atoms with Crippen LogP contribution in [0.3, 0.4) is 0 Å². The highest BCUT2D eigenvalue weighted by molar-refractivity contribution is 5.77. The number of hydrogen-bond acceptors (Lipinski definition) is 3. The predicted molar refractivity (Wildman–Crippen MR) is 71.1 cm³/mol. The maximum Gasteiger partial charge on any atom is 0.314 e. The number of aryl methyl sites for hydroxylation is 1. The number of furan rings is 1. The molecule has 0 amide bonds. The first-order valence-corrected chi connectivity index (χ1v) is 6.57. The number of ether oxygens (including phenoxy) is 1. The first kappa shape index (κ1) is 12.0. The molecule has 0 aliphatic heterocycles. The molecule has 1 fully saturated rings. The lowest BCUT2D eigenvalue weighted by Crippen LogP contribution is -2.09. The molecule has 1 aromatic carbocycles. The first-order chi connectivity index (χ1) is 9.22. The Bertz CT molecular complexity index is 579. The summed E-state index contributed by atoms with van der Waals surface area (Å²) in [6.45, 7) is 1.82. The molecular formula is C16H16O3. The lowest BCUT2D eigenvalue weighted by molar-refractivity contribution is -0.135. The fourth-order valence-corrected chi connectivity index (χ4v) is 2.02. The molecule has 0 radical (unpaired) electrons. The van der Waals surface area contributed by atoms with Crippen LogP contribution in [0, 0.1) is 12.8 Å². The van der Waals surface area contributed by atoms with Crippen molar-refractivity contribution in [2.24, 2.45) is 5.92 Å². The summed E-state index contributed by atoms with van der Waals surface area (Å²) >= 11 is 0. The Kier molecular flexibility index (Phi) is 3.11. The smallest absolute Gasteiger partial charge is 0.314 e. The van der Waals surface area contributed by atoms with Crippen molar-refractivity contribution in [2.75, 3.05) is 0 Å². The van der Waals surface area contributed by atoms with E-state index in [1.54, 1.807) is 0 Å². The molecule has 1 saturated carbocycles. The second kappa shape index (κ2) is 4.92. The molecule has 98 valence electrons. The molecule has 0 saturated heterocycles. The lowest BCUT2D eigenvalue weighted by atomic mass is 10.1. The molecule has 3 nitrogen and oxygen atoms in total. The van der Waals surface area contributed by atoms with E-state index >= 15 is 0 Å². The van der Waals surface area contributed by atoms with Gasteiger partial charge in [-0.2, -0.15) is 0 Å². The van der Waals surface area contributed by atoms with Gasteiger partial charge in [-0.25, -0.2) is 0 Å². The Labute approximate surface area is 112 Å². The SMILES string of the molecule is Cc1oc(Cc2ccccc2)cc1OC(=O)C1CC1. The molecule has 0 atom stereocenters. The third-order valence-electron chi connectivity index (χ3n) is 3.27. The lowest BCUT2D eigenvalue weighted by Gasteiger charge is -1.99. The summed E-state index contributed by atoms with van der Waals surface area (Å²) in [5.74, 6) is 2.02. The van der Waals surface area contributed by atoms with Crippen molar-refractivity contribution in [1.29, 1.82) is 0 Å². The minimum atomic E-state index is -0.129. The average molecular weight is 256 g/mol. The largest absolute Gasteiger partial charge is 0.462 e. The minimum Gasteiger partial charge on any atom is -0.462 e. The van der Waals surface area contributed by atoms with Crippen molar-refractivity contribution in [2.45, 2.75) is 26.2 Å². The zero-order valence-corrected chi connectivity index (χ0v) is 10.9. The van der Waals surface area contributed by atoms with E-state index in [1.807, 2.05) is 43.3 Å². The molecule has 0 bridgehead atoms. The average Bonchev–Trinajstić information content (AvgIpc) is 3.18. The van der Waals surface area contributed by atoms with Crippen LogP contribution < -0.4 is 4.74 Å². The summed E-state index contributed by atoms with van der Waals surface area (Å²) < 4.78 is 11.0. The van der Waals surface area contributed by atoms with Gasteiger partial charge in [0, 0.05) is 12.5 Å². The van der Waals surface area contributed by atoms with Gasteiger partial charge in [0.2, 0.25) is 0 Å². The molecule has 0 spiro atoms. The van der Waals surface area contributed by atoms with Crippen LogP contribution in [0.5, 0.6) is 5.75 Å². The molecule has 0 N–H and O–H groups in total. The van der Waals surface area contributed by atoms with Gasteiger partial charge in [-0.15, -0.1) is 0 Å². The van der Waals surface area contributed by atoms with E-state index < -0.39 is 0 Å². The van der Waals surface area contributed by atoms with E-state index in [-0.39, 0.29) is 11.9 Å². The first-order valence-electron chi connectivity index (χ1n) is 6.57. The molecule has 3 heteroatoms. The monoisotopic (exact) mass is 256 g/mol. The van der Waals surface area contributed by atoms with Crippen LogP contribution in [0.15, 0.2) is 40.8 Å². The van der Waals surface area contributed by atoms with E-state index in [1.165, 1.54) is 5.56 Å². The number of benzene rings is 1. The van der Waals surface area contributed by atoms with Gasteiger partial charge in [-0.3, -0.25) is 4.79 Å². The van der Waals surface area contributed by atoms with Crippen molar-refractivity contribution in [3.05, 3.63) is 53.5 Å². The Balaban J connectivity index is 1.71. The van der Waals surface area contributed by atoms with Gasteiger partial charge in [0.05, 0.1) is 5.92 Å². The summed E-state index contributed by atoms with van der Waals surface area (Å²) in [6.07, 6.45) is 2.61. The Morgan fingerprint density at radius 3 is 2.74 bits per heavy atom. The van der Waals surface area contributed by atoms with Crippen molar-refractivity contribution in [1.82, 2.24) is 0 Å². The fraction of sp³-hybridized carbons (Fsp3) is 0.312. The molecule has 2 aromatic rings.